The lowest BCUT2D eigenvalue weighted by Gasteiger charge is -2.40. The van der Waals surface area contributed by atoms with E-state index in [0.717, 1.165) is 24.7 Å². The van der Waals surface area contributed by atoms with Gasteiger partial charge in [-0.2, -0.15) is 0 Å². The molecule has 2 heteroatoms. The minimum atomic E-state index is 0.414. The summed E-state index contributed by atoms with van der Waals surface area (Å²) in [5.74, 6) is 2.87. The van der Waals surface area contributed by atoms with Crippen LogP contribution < -0.4 is 0 Å². The number of fused-ring (bicyclic) bond motifs is 2. The number of hydrogen-bond donors (Lipinski definition) is 1. The number of aryl methyl sites for hydroxylation is 1. The molecule has 2 aromatic rings. The molecule has 1 saturated heterocycles. The zero-order valence-corrected chi connectivity index (χ0v) is 14.1. The predicted octanol–water partition coefficient (Wildman–Crippen LogP) is 3.99. The van der Waals surface area contributed by atoms with Crippen LogP contribution >= 0.6 is 0 Å². The molecule has 124 valence electrons. The second kappa shape index (κ2) is 5.63. The molecule has 2 nitrogen and oxygen atoms in total. The van der Waals surface area contributed by atoms with Gasteiger partial charge in [0.15, 0.2) is 0 Å². The monoisotopic (exact) mass is 319 g/mol. The number of hydrogen-bond acceptors (Lipinski definition) is 2. The van der Waals surface area contributed by atoms with Crippen LogP contribution in [0.5, 0.6) is 5.75 Å². The fourth-order valence-corrected chi connectivity index (χ4v) is 5.12. The van der Waals surface area contributed by atoms with E-state index in [1.165, 1.54) is 42.6 Å². The third-order valence-corrected chi connectivity index (χ3v) is 6.48. The van der Waals surface area contributed by atoms with E-state index >= 15 is 0 Å². The maximum atomic E-state index is 10.1. The molecule has 1 heterocycles. The molecule has 24 heavy (non-hydrogen) atoms. The molecule has 2 aliphatic carbocycles. The Morgan fingerprint density at radius 3 is 2.58 bits per heavy atom. The van der Waals surface area contributed by atoms with Crippen LogP contribution in [-0.4, -0.2) is 29.1 Å². The number of nitrogens with zero attached hydrogens (tertiary/aromatic N) is 1. The molecule has 1 aliphatic heterocycles. The van der Waals surface area contributed by atoms with Gasteiger partial charge in [-0.15, -0.1) is 0 Å². The summed E-state index contributed by atoms with van der Waals surface area (Å²) in [6.07, 6.45) is 4.95. The Labute approximate surface area is 144 Å². The summed E-state index contributed by atoms with van der Waals surface area (Å²) in [5.41, 5.74) is 4.23. The smallest absolute Gasteiger partial charge is 0.115 e. The molecule has 2 fully saturated rings. The molecule has 0 spiro atoms. The zero-order valence-electron chi connectivity index (χ0n) is 14.1. The lowest BCUT2D eigenvalue weighted by molar-refractivity contribution is 0.170. The van der Waals surface area contributed by atoms with Crippen molar-refractivity contribution >= 4 is 0 Å². The number of phenols is 1. The molecule has 5 rings (SSSR count). The average molecular weight is 319 g/mol. The van der Waals surface area contributed by atoms with E-state index in [0.29, 0.717) is 17.7 Å². The molecule has 4 unspecified atom stereocenters. The van der Waals surface area contributed by atoms with E-state index in [-0.39, 0.29) is 0 Å². The van der Waals surface area contributed by atoms with E-state index in [4.69, 9.17) is 0 Å². The number of piperidine rings is 1. The molecular weight excluding hydrogens is 294 g/mol. The van der Waals surface area contributed by atoms with Crippen LogP contribution in [0, 0.1) is 11.8 Å². The summed E-state index contributed by atoms with van der Waals surface area (Å²) >= 11 is 0. The predicted molar refractivity (Wildman–Crippen MR) is 96.3 cm³/mol. The SMILES string of the molecule is Oc1ccc2c(c1)C(Cc1ccccc1)C(N1CC3CC3C1)CC2. The van der Waals surface area contributed by atoms with Crippen LogP contribution in [0.25, 0.3) is 0 Å². The first-order chi connectivity index (χ1) is 11.8. The molecule has 2 aromatic carbocycles. The molecule has 0 amide bonds. The quantitative estimate of drug-likeness (QED) is 0.925. The highest BCUT2D eigenvalue weighted by molar-refractivity contribution is 5.41. The van der Waals surface area contributed by atoms with Crippen molar-refractivity contribution in [1.29, 1.82) is 0 Å². The average Bonchev–Trinajstić information content (AvgIpc) is 3.22. The van der Waals surface area contributed by atoms with Crippen LogP contribution in [0.15, 0.2) is 48.5 Å². The Bertz CT molecular complexity index is 731. The van der Waals surface area contributed by atoms with Gasteiger partial charge in [0.2, 0.25) is 0 Å². The number of rotatable bonds is 3. The molecule has 3 aliphatic rings. The Morgan fingerprint density at radius 1 is 1.00 bits per heavy atom. The van der Waals surface area contributed by atoms with Crippen molar-refractivity contribution < 1.29 is 5.11 Å². The second-order valence-electron chi connectivity index (χ2n) is 8.00. The highest BCUT2D eigenvalue weighted by atomic mass is 16.3. The van der Waals surface area contributed by atoms with Crippen LogP contribution in [0.1, 0.15) is 35.4 Å². The van der Waals surface area contributed by atoms with E-state index in [9.17, 15) is 5.11 Å². The van der Waals surface area contributed by atoms with Crippen molar-refractivity contribution in [3.8, 4) is 5.75 Å². The third-order valence-electron chi connectivity index (χ3n) is 6.48. The lowest BCUT2D eigenvalue weighted by atomic mass is 9.75. The number of aromatic hydroxyl groups is 1. The van der Waals surface area contributed by atoms with E-state index in [2.05, 4.69) is 41.3 Å². The molecule has 4 atom stereocenters. The van der Waals surface area contributed by atoms with Gasteiger partial charge in [-0.3, -0.25) is 4.90 Å². The van der Waals surface area contributed by atoms with Crippen molar-refractivity contribution in [3.63, 3.8) is 0 Å². The maximum Gasteiger partial charge on any atom is 0.115 e. The number of likely N-dealkylation sites (tertiary alicyclic amines) is 1. The van der Waals surface area contributed by atoms with E-state index in [1.807, 2.05) is 12.1 Å². The topological polar surface area (TPSA) is 23.5 Å². The molecule has 0 radical (unpaired) electrons. The van der Waals surface area contributed by atoms with Crippen molar-refractivity contribution in [1.82, 2.24) is 4.90 Å². The number of phenolic OH excluding ortho intramolecular Hbond substituents is 1. The van der Waals surface area contributed by atoms with Crippen LogP contribution in [-0.2, 0) is 12.8 Å². The summed E-state index contributed by atoms with van der Waals surface area (Å²) in [5, 5.41) is 10.1. The zero-order chi connectivity index (χ0) is 16.1. The molecule has 0 bridgehead atoms. The van der Waals surface area contributed by atoms with Gasteiger partial charge in [0, 0.05) is 25.0 Å². The van der Waals surface area contributed by atoms with Crippen molar-refractivity contribution in [3.05, 3.63) is 65.2 Å². The lowest BCUT2D eigenvalue weighted by Crippen LogP contribution is -2.42. The van der Waals surface area contributed by atoms with Crippen molar-refractivity contribution in [2.24, 2.45) is 11.8 Å². The van der Waals surface area contributed by atoms with Gasteiger partial charge in [0.05, 0.1) is 0 Å². The minimum Gasteiger partial charge on any atom is -0.508 e. The van der Waals surface area contributed by atoms with Gasteiger partial charge in [-0.05, 0) is 66.3 Å². The van der Waals surface area contributed by atoms with Gasteiger partial charge in [-0.1, -0.05) is 36.4 Å². The molecule has 0 aromatic heterocycles. The molecule has 1 saturated carbocycles. The fraction of sp³-hybridized carbons (Fsp3) is 0.455. The van der Waals surface area contributed by atoms with Crippen LogP contribution in [0.2, 0.25) is 0 Å². The Balaban J connectivity index is 1.49. The summed E-state index contributed by atoms with van der Waals surface area (Å²) in [4.78, 5) is 2.76. The number of benzene rings is 2. The summed E-state index contributed by atoms with van der Waals surface area (Å²) in [6.45, 7) is 2.60. The summed E-state index contributed by atoms with van der Waals surface area (Å²) in [6, 6.07) is 17.5. The molecular formula is C22H25NO. The second-order valence-corrected chi connectivity index (χ2v) is 8.00. The van der Waals surface area contributed by atoms with Gasteiger partial charge in [-0.25, -0.2) is 0 Å². The highest BCUT2D eigenvalue weighted by Gasteiger charge is 2.48. The van der Waals surface area contributed by atoms with Crippen molar-refractivity contribution in [2.45, 2.75) is 37.6 Å². The standard InChI is InChI=1S/C22H25NO/c24-19-8-6-16-7-9-22(23-13-17-11-18(17)14-23)21(20(16)12-19)10-15-4-2-1-3-5-15/h1-6,8,12,17-18,21-22,24H,7,9-11,13-14H2. The van der Waals surface area contributed by atoms with Gasteiger partial charge in [0.1, 0.15) is 5.75 Å². The van der Waals surface area contributed by atoms with Crippen molar-refractivity contribution in [2.75, 3.05) is 13.1 Å². The Hall–Kier alpha value is -1.80. The van der Waals surface area contributed by atoms with Gasteiger partial charge >= 0.3 is 0 Å². The maximum absolute atomic E-state index is 10.1. The summed E-state index contributed by atoms with van der Waals surface area (Å²) in [7, 11) is 0. The summed E-state index contributed by atoms with van der Waals surface area (Å²) < 4.78 is 0. The van der Waals surface area contributed by atoms with E-state index in [1.54, 1.807) is 0 Å². The first-order valence-electron chi connectivity index (χ1n) is 9.37. The molecule has 1 N–H and O–H groups in total. The van der Waals surface area contributed by atoms with Crippen LogP contribution in [0.3, 0.4) is 0 Å². The highest BCUT2D eigenvalue weighted by Crippen LogP contribution is 2.48. The Kier molecular flexibility index (Phi) is 3.41. The van der Waals surface area contributed by atoms with Gasteiger partial charge < -0.3 is 5.11 Å². The van der Waals surface area contributed by atoms with Gasteiger partial charge in [0.25, 0.3) is 0 Å². The fourth-order valence-electron chi connectivity index (χ4n) is 5.12. The Morgan fingerprint density at radius 2 is 1.79 bits per heavy atom. The third kappa shape index (κ3) is 2.53. The first kappa shape index (κ1) is 14.5. The normalized spacial score (nSPS) is 31.5. The van der Waals surface area contributed by atoms with E-state index < -0.39 is 0 Å². The largest absolute Gasteiger partial charge is 0.508 e. The van der Waals surface area contributed by atoms with Crippen LogP contribution in [0.4, 0.5) is 0 Å². The minimum absolute atomic E-state index is 0.414. The first-order valence-corrected chi connectivity index (χ1v) is 9.37.